The van der Waals surface area contributed by atoms with E-state index >= 15 is 0 Å². The zero-order valence-electron chi connectivity index (χ0n) is 15.6. The number of anilines is 1. The van der Waals surface area contributed by atoms with Gasteiger partial charge in [-0.1, -0.05) is 23.7 Å². The quantitative estimate of drug-likeness (QED) is 0.431. The molecule has 0 spiro atoms. The van der Waals surface area contributed by atoms with Crippen LogP contribution in [0.5, 0.6) is 0 Å². The van der Waals surface area contributed by atoms with Gasteiger partial charge in [0.1, 0.15) is 23.9 Å². The van der Waals surface area contributed by atoms with Crippen LogP contribution >= 0.6 is 11.6 Å². The van der Waals surface area contributed by atoms with Crippen LogP contribution in [0.25, 0.3) is 22.6 Å². The van der Waals surface area contributed by atoms with Crippen molar-refractivity contribution in [2.24, 2.45) is 0 Å². The molecule has 2 aromatic heterocycles. The topological polar surface area (TPSA) is 75.6 Å². The average Bonchev–Trinajstić information content (AvgIpc) is 3.38. The molecule has 0 unspecified atom stereocenters. The largest absolute Gasteiger partial charge is 0.459 e. The molecule has 0 bridgehead atoms. The van der Waals surface area contributed by atoms with Crippen molar-refractivity contribution in [3.05, 3.63) is 88.8 Å². The van der Waals surface area contributed by atoms with Crippen molar-refractivity contribution < 1.29 is 18.7 Å². The highest BCUT2D eigenvalue weighted by Gasteiger charge is 2.14. The van der Waals surface area contributed by atoms with Gasteiger partial charge in [-0.25, -0.2) is 0 Å². The third-order valence-electron chi connectivity index (χ3n) is 4.51. The number of aliphatic hydroxyl groups is 1. The molecule has 6 heteroatoms. The molecule has 2 N–H and O–H groups in total. The molecule has 2 aromatic carbocycles. The van der Waals surface area contributed by atoms with Gasteiger partial charge >= 0.3 is 0 Å². The van der Waals surface area contributed by atoms with Gasteiger partial charge < -0.3 is 19.3 Å². The van der Waals surface area contributed by atoms with E-state index in [0.29, 0.717) is 28.0 Å². The second-order valence-corrected chi connectivity index (χ2v) is 7.02. The number of carbonyl (C=O) groups excluding carboxylic acids is 1. The maximum Gasteiger partial charge on any atom is 0.291 e. The normalized spacial score (nSPS) is 10.9. The monoisotopic (exact) mass is 407 g/mol. The van der Waals surface area contributed by atoms with Gasteiger partial charge in [-0.3, -0.25) is 4.79 Å². The fourth-order valence-corrected chi connectivity index (χ4v) is 3.27. The van der Waals surface area contributed by atoms with Crippen LogP contribution in [0.15, 0.2) is 75.6 Å². The van der Waals surface area contributed by atoms with E-state index in [4.69, 9.17) is 25.5 Å². The molecule has 29 heavy (non-hydrogen) atoms. The van der Waals surface area contributed by atoms with Crippen molar-refractivity contribution in [3.63, 3.8) is 0 Å². The summed E-state index contributed by atoms with van der Waals surface area (Å²) in [5.74, 6) is 1.61. The lowest BCUT2D eigenvalue weighted by Gasteiger charge is -2.08. The number of halogens is 1. The minimum Gasteiger partial charge on any atom is -0.459 e. The van der Waals surface area contributed by atoms with E-state index in [1.807, 2.05) is 37.3 Å². The molecule has 2 heterocycles. The van der Waals surface area contributed by atoms with Crippen LogP contribution in [0.3, 0.4) is 0 Å². The molecule has 0 aliphatic carbocycles. The van der Waals surface area contributed by atoms with E-state index in [1.54, 1.807) is 36.4 Å². The molecule has 0 saturated heterocycles. The fourth-order valence-electron chi connectivity index (χ4n) is 3.08. The van der Waals surface area contributed by atoms with Crippen LogP contribution in [-0.2, 0) is 6.61 Å². The van der Waals surface area contributed by atoms with Gasteiger partial charge in [0.2, 0.25) is 0 Å². The minimum atomic E-state index is -0.342. The Balaban J connectivity index is 1.51. The Morgan fingerprint density at radius 3 is 2.55 bits per heavy atom. The Hall–Kier alpha value is -3.28. The van der Waals surface area contributed by atoms with E-state index < -0.39 is 0 Å². The van der Waals surface area contributed by atoms with Crippen molar-refractivity contribution >= 4 is 23.2 Å². The summed E-state index contributed by atoms with van der Waals surface area (Å²) in [5.41, 5.74) is 3.27. The Morgan fingerprint density at radius 1 is 1.00 bits per heavy atom. The van der Waals surface area contributed by atoms with Crippen LogP contribution in [0.4, 0.5) is 5.69 Å². The standard InChI is InChI=1S/C23H18ClNO4/c1-14-11-17(5-7-19(14)21-8-6-18(13-26)28-21)25-23(27)22-10-9-20(29-22)15-3-2-4-16(24)12-15/h2-12,26H,13H2,1H3,(H,25,27). The van der Waals surface area contributed by atoms with E-state index in [-0.39, 0.29) is 18.3 Å². The number of hydrogen-bond acceptors (Lipinski definition) is 4. The van der Waals surface area contributed by atoms with Gasteiger partial charge in [-0.15, -0.1) is 0 Å². The summed E-state index contributed by atoms with van der Waals surface area (Å²) in [6.07, 6.45) is 0. The number of benzene rings is 2. The number of furan rings is 2. The number of nitrogens with one attached hydrogen (secondary N) is 1. The summed E-state index contributed by atoms with van der Waals surface area (Å²) in [5, 5.41) is 12.6. The first kappa shape index (κ1) is 19.1. The molecular formula is C23H18ClNO4. The molecule has 0 fully saturated rings. The first-order valence-corrected chi connectivity index (χ1v) is 9.39. The molecule has 5 nitrogen and oxygen atoms in total. The SMILES string of the molecule is Cc1cc(NC(=O)c2ccc(-c3cccc(Cl)c3)o2)ccc1-c1ccc(CO)o1. The van der Waals surface area contributed by atoms with Gasteiger partial charge in [0.25, 0.3) is 5.91 Å². The predicted molar refractivity (Wildman–Crippen MR) is 112 cm³/mol. The van der Waals surface area contributed by atoms with Crippen LogP contribution < -0.4 is 5.32 Å². The highest BCUT2D eigenvalue weighted by molar-refractivity contribution is 6.30. The van der Waals surface area contributed by atoms with Crippen LogP contribution in [0.1, 0.15) is 21.9 Å². The Kier molecular flexibility index (Phi) is 5.25. The van der Waals surface area contributed by atoms with Gasteiger partial charge in [0.15, 0.2) is 5.76 Å². The van der Waals surface area contributed by atoms with Gasteiger partial charge in [-0.05, 0) is 67.1 Å². The van der Waals surface area contributed by atoms with Crippen molar-refractivity contribution in [3.8, 4) is 22.6 Å². The maximum atomic E-state index is 12.6. The molecule has 0 saturated carbocycles. The first-order valence-electron chi connectivity index (χ1n) is 9.01. The number of hydrogen-bond donors (Lipinski definition) is 2. The first-order chi connectivity index (χ1) is 14.0. The van der Waals surface area contributed by atoms with Crippen molar-refractivity contribution in [1.82, 2.24) is 0 Å². The molecule has 0 radical (unpaired) electrons. The van der Waals surface area contributed by atoms with Gasteiger partial charge in [0, 0.05) is 21.8 Å². The second-order valence-electron chi connectivity index (χ2n) is 6.58. The molecule has 146 valence electrons. The van der Waals surface area contributed by atoms with E-state index in [0.717, 1.165) is 16.7 Å². The molecule has 0 aliphatic rings. The zero-order chi connectivity index (χ0) is 20.4. The number of aliphatic hydroxyl groups excluding tert-OH is 1. The lowest BCUT2D eigenvalue weighted by molar-refractivity contribution is 0.0997. The summed E-state index contributed by atoms with van der Waals surface area (Å²) in [4.78, 5) is 12.6. The lowest BCUT2D eigenvalue weighted by Crippen LogP contribution is -2.10. The fraction of sp³-hybridized carbons (Fsp3) is 0.0870. The van der Waals surface area contributed by atoms with Gasteiger partial charge in [0.05, 0.1) is 0 Å². The number of carbonyl (C=O) groups is 1. The Morgan fingerprint density at radius 2 is 1.83 bits per heavy atom. The molecule has 1 amide bonds. The van der Waals surface area contributed by atoms with E-state index in [2.05, 4.69) is 5.32 Å². The maximum absolute atomic E-state index is 12.6. The van der Waals surface area contributed by atoms with Crippen LogP contribution in [0.2, 0.25) is 5.02 Å². The van der Waals surface area contributed by atoms with Crippen LogP contribution in [-0.4, -0.2) is 11.0 Å². The smallest absolute Gasteiger partial charge is 0.291 e. The minimum absolute atomic E-state index is 0.145. The molecular weight excluding hydrogens is 390 g/mol. The molecule has 0 aliphatic heterocycles. The Bertz CT molecular complexity index is 1180. The van der Waals surface area contributed by atoms with Crippen molar-refractivity contribution in [2.45, 2.75) is 13.5 Å². The average molecular weight is 408 g/mol. The van der Waals surface area contributed by atoms with E-state index in [1.165, 1.54) is 0 Å². The summed E-state index contributed by atoms with van der Waals surface area (Å²) in [7, 11) is 0. The second kappa shape index (κ2) is 7.99. The van der Waals surface area contributed by atoms with Crippen molar-refractivity contribution in [1.29, 1.82) is 0 Å². The Labute approximate surface area is 172 Å². The molecule has 4 aromatic rings. The van der Waals surface area contributed by atoms with Crippen LogP contribution in [0, 0.1) is 6.92 Å². The summed E-state index contributed by atoms with van der Waals surface area (Å²) < 4.78 is 11.3. The highest BCUT2D eigenvalue weighted by atomic mass is 35.5. The molecule has 4 rings (SSSR count). The summed E-state index contributed by atoms with van der Waals surface area (Å²) in [6, 6.07) is 19.7. The summed E-state index contributed by atoms with van der Waals surface area (Å²) in [6.45, 7) is 1.78. The third kappa shape index (κ3) is 4.11. The summed E-state index contributed by atoms with van der Waals surface area (Å²) >= 11 is 6.01. The highest BCUT2D eigenvalue weighted by Crippen LogP contribution is 2.29. The molecule has 0 atom stereocenters. The number of amides is 1. The predicted octanol–water partition coefficient (Wildman–Crippen LogP) is 5.91. The van der Waals surface area contributed by atoms with Gasteiger partial charge in [-0.2, -0.15) is 0 Å². The third-order valence-corrected chi connectivity index (χ3v) is 4.74. The lowest BCUT2D eigenvalue weighted by atomic mass is 10.1. The van der Waals surface area contributed by atoms with E-state index in [9.17, 15) is 4.79 Å². The zero-order valence-corrected chi connectivity index (χ0v) is 16.4. The number of rotatable bonds is 5. The number of aryl methyl sites for hydroxylation is 1. The van der Waals surface area contributed by atoms with Crippen molar-refractivity contribution in [2.75, 3.05) is 5.32 Å².